The van der Waals surface area contributed by atoms with Crippen molar-refractivity contribution in [2.45, 2.75) is 37.7 Å². The van der Waals surface area contributed by atoms with Gasteiger partial charge in [0, 0.05) is 0 Å². The molecule has 2 rings (SSSR count). The third-order valence-electron chi connectivity index (χ3n) is 3.28. The number of rotatable bonds is 3. The van der Waals surface area contributed by atoms with Crippen LogP contribution in [-0.2, 0) is 24.1 Å². The summed E-state index contributed by atoms with van der Waals surface area (Å²) in [6, 6.07) is 4.95. The average Bonchev–Trinajstić information content (AvgIpc) is 2.25. The van der Waals surface area contributed by atoms with Crippen molar-refractivity contribution in [2.24, 2.45) is 0 Å². The molecule has 5 nitrogen and oxygen atoms in total. The number of aryl methyl sites for hydroxylation is 2. The van der Waals surface area contributed by atoms with E-state index in [4.69, 9.17) is 4.18 Å². The zero-order valence-corrected chi connectivity index (χ0v) is 13.1. The van der Waals surface area contributed by atoms with E-state index in [0.29, 0.717) is 18.4 Å². The summed E-state index contributed by atoms with van der Waals surface area (Å²) < 4.78 is 52.6. The SMILES string of the molecule is Cc1ccc(S(=O)(=O)OC2CCCS(=O)(=O)C2)c(C)c1. The summed E-state index contributed by atoms with van der Waals surface area (Å²) in [4.78, 5) is 0.103. The average molecular weight is 318 g/mol. The highest BCUT2D eigenvalue weighted by molar-refractivity contribution is 7.91. The lowest BCUT2D eigenvalue weighted by molar-refractivity contribution is 0.214. The molecule has 0 radical (unpaired) electrons. The van der Waals surface area contributed by atoms with Gasteiger partial charge in [-0.2, -0.15) is 8.42 Å². The van der Waals surface area contributed by atoms with Crippen molar-refractivity contribution in [3.05, 3.63) is 29.3 Å². The molecule has 0 aliphatic carbocycles. The van der Waals surface area contributed by atoms with Gasteiger partial charge >= 0.3 is 0 Å². The predicted octanol–water partition coefficient (Wildman–Crippen LogP) is 1.59. The predicted molar refractivity (Wildman–Crippen MR) is 75.9 cm³/mol. The Morgan fingerprint density at radius 1 is 1.25 bits per heavy atom. The van der Waals surface area contributed by atoms with E-state index in [-0.39, 0.29) is 16.4 Å². The Balaban J connectivity index is 2.23. The Hall–Kier alpha value is -0.920. The molecule has 1 saturated heterocycles. The highest BCUT2D eigenvalue weighted by Gasteiger charge is 2.30. The lowest BCUT2D eigenvalue weighted by Crippen LogP contribution is -2.33. The first-order valence-electron chi connectivity index (χ1n) is 6.41. The molecule has 1 aliphatic heterocycles. The molecule has 0 amide bonds. The molecule has 20 heavy (non-hydrogen) atoms. The first-order valence-corrected chi connectivity index (χ1v) is 9.63. The topological polar surface area (TPSA) is 77.5 Å². The zero-order chi connectivity index (χ0) is 15.0. The van der Waals surface area contributed by atoms with Gasteiger partial charge in [-0.25, -0.2) is 8.42 Å². The summed E-state index contributed by atoms with van der Waals surface area (Å²) in [5, 5.41) is 0. The molecule has 0 N–H and O–H groups in total. The monoisotopic (exact) mass is 318 g/mol. The molecular weight excluding hydrogens is 300 g/mol. The fourth-order valence-electron chi connectivity index (χ4n) is 2.37. The molecule has 1 unspecified atom stereocenters. The zero-order valence-electron chi connectivity index (χ0n) is 11.5. The molecule has 7 heteroatoms. The molecule has 0 spiro atoms. The van der Waals surface area contributed by atoms with Gasteiger partial charge in [-0.3, -0.25) is 4.18 Å². The van der Waals surface area contributed by atoms with Crippen LogP contribution in [0.3, 0.4) is 0 Å². The Morgan fingerprint density at radius 3 is 2.55 bits per heavy atom. The van der Waals surface area contributed by atoms with Crippen LogP contribution in [-0.4, -0.2) is 34.4 Å². The van der Waals surface area contributed by atoms with Crippen LogP contribution in [0.5, 0.6) is 0 Å². The summed E-state index contributed by atoms with van der Waals surface area (Å²) >= 11 is 0. The third kappa shape index (κ3) is 3.59. The summed E-state index contributed by atoms with van der Waals surface area (Å²) in [6.45, 7) is 3.57. The number of hydrogen-bond donors (Lipinski definition) is 0. The quantitative estimate of drug-likeness (QED) is 0.791. The molecule has 1 aromatic rings. The maximum absolute atomic E-state index is 12.2. The summed E-state index contributed by atoms with van der Waals surface area (Å²) in [5.41, 5.74) is 1.56. The molecule has 1 heterocycles. The largest absolute Gasteiger partial charge is 0.297 e. The first kappa shape index (κ1) is 15.5. The van der Waals surface area contributed by atoms with Crippen LogP contribution in [0.15, 0.2) is 23.1 Å². The van der Waals surface area contributed by atoms with Crippen molar-refractivity contribution >= 4 is 20.0 Å². The van der Waals surface area contributed by atoms with Crippen molar-refractivity contribution in [3.8, 4) is 0 Å². The summed E-state index contributed by atoms with van der Waals surface area (Å²) in [6.07, 6.45) is 0.109. The van der Waals surface area contributed by atoms with E-state index in [2.05, 4.69) is 0 Å². The van der Waals surface area contributed by atoms with Crippen molar-refractivity contribution in [2.75, 3.05) is 11.5 Å². The van der Waals surface area contributed by atoms with Gasteiger partial charge in [0.1, 0.15) is 0 Å². The molecule has 0 saturated carbocycles. The normalized spacial score (nSPS) is 22.6. The second-order valence-corrected chi connectivity index (χ2v) is 8.97. The summed E-state index contributed by atoms with van der Waals surface area (Å²) in [5.74, 6) is -0.117. The van der Waals surface area contributed by atoms with Gasteiger partial charge < -0.3 is 0 Å². The molecule has 1 fully saturated rings. The second-order valence-electron chi connectivity index (χ2n) is 5.20. The minimum absolute atomic E-state index is 0.103. The van der Waals surface area contributed by atoms with Crippen LogP contribution in [0.25, 0.3) is 0 Å². The third-order valence-corrected chi connectivity index (χ3v) is 6.60. The van der Waals surface area contributed by atoms with Crippen molar-refractivity contribution in [3.63, 3.8) is 0 Å². The van der Waals surface area contributed by atoms with Crippen LogP contribution in [0.4, 0.5) is 0 Å². The number of hydrogen-bond acceptors (Lipinski definition) is 5. The van der Waals surface area contributed by atoms with Gasteiger partial charge in [0.25, 0.3) is 10.1 Å². The fourth-order valence-corrected chi connectivity index (χ4v) is 5.34. The summed E-state index contributed by atoms with van der Waals surface area (Å²) in [7, 11) is -7.11. The second kappa shape index (κ2) is 5.46. The van der Waals surface area contributed by atoms with Crippen LogP contribution in [0.2, 0.25) is 0 Å². The smallest absolute Gasteiger partial charge is 0.262 e. The standard InChI is InChI=1S/C13H18O5S2/c1-10-5-6-13(11(2)8-10)20(16,17)18-12-4-3-7-19(14,15)9-12/h5-6,8,12H,3-4,7,9H2,1-2H3. The van der Waals surface area contributed by atoms with Crippen molar-refractivity contribution in [1.29, 1.82) is 0 Å². The molecule has 0 aromatic heterocycles. The lowest BCUT2D eigenvalue weighted by atomic mass is 10.2. The van der Waals surface area contributed by atoms with Gasteiger partial charge in [0.05, 0.1) is 22.5 Å². The lowest BCUT2D eigenvalue weighted by Gasteiger charge is -2.22. The van der Waals surface area contributed by atoms with Crippen LogP contribution in [0, 0.1) is 13.8 Å². The van der Waals surface area contributed by atoms with E-state index in [0.717, 1.165) is 5.56 Å². The van der Waals surface area contributed by atoms with Crippen molar-refractivity contribution in [1.82, 2.24) is 0 Å². The molecule has 1 aliphatic rings. The van der Waals surface area contributed by atoms with Gasteiger partial charge in [-0.05, 0) is 38.3 Å². The van der Waals surface area contributed by atoms with Gasteiger partial charge in [-0.15, -0.1) is 0 Å². The molecular formula is C13H18O5S2. The minimum atomic E-state index is -3.92. The molecule has 0 bridgehead atoms. The Morgan fingerprint density at radius 2 is 1.95 bits per heavy atom. The van der Waals surface area contributed by atoms with E-state index < -0.39 is 26.1 Å². The highest BCUT2D eigenvalue weighted by atomic mass is 32.2. The first-order chi connectivity index (χ1) is 9.20. The van der Waals surface area contributed by atoms with E-state index >= 15 is 0 Å². The van der Waals surface area contributed by atoms with Gasteiger partial charge in [0.2, 0.25) is 0 Å². The van der Waals surface area contributed by atoms with Crippen LogP contribution >= 0.6 is 0 Å². The minimum Gasteiger partial charge on any atom is -0.262 e. The van der Waals surface area contributed by atoms with Gasteiger partial charge in [-0.1, -0.05) is 17.7 Å². The maximum Gasteiger partial charge on any atom is 0.297 e. The van der Waals surface area contributed by atoms with Crippen LogP contribution < -0.4 is 0 Å². The van der Waals surface area contributed by atoms with E-state index in [1.807, 2.05) is 6.92 Å². The molecule has 1 aromatic carbocycles. The molecule has 1 atom stereocenters. The van der Waals surface area contributed by atoms with E-state index in [9.17, 15) is 16.8 Å². The maximum atomic E-state index is 12.2. The van der Waals surface area contributed by atoms with Crippen molar-refractivity contribution < 1.29 is 21.0 Å². The Bertz CT molecular complexity index is 704. The Kier molecular flexibility index (Phi) is 4.22. The van der Waals surface area contributed by atoms with E-state index in [1.165, 1.54) is 6.07 Å². The number of benzene rings is 1. The highest BCUT2D eigenvalue weighted by Crippen LogP contribution is 2.23. The molecule has 112 valence electrons. The van der Waals surface area contributed by atoms with E-state index in [1.54, 1.807) is 19.1 Å². The fraction of sp³-hybridized carbons (Fsp3) is 0.538. The number of sulfone groups is 1. The Labute approximate surface area is 120 Å². The van der Waals surface area contributed by atoms with Gasteiger partial charge in [0.15, 0.2) is 9.84 Å². The van der Waals surface area contributed by atoms with Crippen LogP contribution in [0.1, 0.15) is 24.0 Å².